The summed E-state index contributed by atoms with van der Waals surface area (Å²) >= 11 is 1.72. The van der Waals surface area contributed by atoms with Crippen molar-refractivity contribution in [1.29, 1.82) is 0 Å². The molecule has 2 atom stereocenters. The summed E-state index contributed by atoms with van der Waals surface area (Å²) in [5.74, 6) is -0.201. The van der Waals surface area contributed by atoms with Crippen molar-refractivity contribution in [3.8, 4) is 0 Å². The molecule has 0 radical (unpaired) electrons. The summed E-state index contributed by atoms with van der Waals surface area (Å²) < 4.78 is 1.20. The SMILES string of the molecule is CN1CCC(C(N)=O)CC1c1nc2ccccc2s1. The van der Waals surface area contributed by atoms with Crippen molar-refractivity contribution in [2.24, 2.45) is 11.7 Å². The Balaban J connectivity index is 1.92. The average molecular weight is 275 g/mol. The number of para-hydroxylation sites is 1. The summed E-state index contributed by atoms with van der Waals surface area (Å²) in [5, 5.41) is 1.09. The number of thiazole rings is 1. The fraction of sp³-hybridized carbons (Fsp3) is 0.429. The summed E-state index contributed by atoms with van der Waals surface area (Å²) in [6.45, 7) is 0.897. The minimum absolute atomic E-state index is 0.0202. The number of aromatic nitrogens is 1. The first-order chi connectivity index (χ1) is 9.15. The minimum Gasteiger partial charge on any atom is -0.369 e. The third kappa shape index (κ3) is 2.35. The number of likely N-dealkylation sites (tertiary alicyclic amines) is 1. The zero-order chi connectivity index (χ0) is 13.4. The molecular weight excluding hydrogens is 258 g/mol. The molecule has 1 aromatic heterocycles. The normalized spacial score (nSPS) is 24.7. The van der Waals surface area contributed by atoms with E-state index < -0.39 is 0 Å². The van der Waals surface area contributed by atoms with Crippen molar-refractivity contribution < 1.29 is 4.79 Å². The number of fused-ring (bicyclic) bond motifs is 1. The summed E-state index contributed by atoms with van der Waals surface area (Å²) in [6.07, 6.45) is 1.64. The van der Waals surface area contributed by atoms with Crippen LogP contribution in [0, 0.1) is 5.92 Å². The predicted octanol–water partition coefficient (Wildman–Crippen LogP) is 2.16. The highest BCUT2D eigenvalue weighted by atomic mass is 32.1. The zero-order valence-corrected chi connectivity index (χ0v) is 11.7. The van der Waals surface area contributed by atoms with E-state index in [1.165, 1.54) is 4.70 Å². The van der Waals surface area contributed by atoms with Gasteiger partial charge in [-0.3, -0.25) is 9.69 Å². The number of nitrogens with zero attached hydrogens (tertiary/aromatic N) is 2. The van der Waals surface area contributed by atoms with Gasteiger partial charge in [-0.05, 0) is 38.6 Å². The Morgan fingerprint density at radius 3 is 3.00 bits per heavy atom. The molecule has 2 aromatic rings. The molecule has 2 N–H and O–H groups in total. The van der Waals surface area contributed by atoms with Gasteiger partial charge in [-0.2, -0.15) is 0 Å². The summed E-state index contributed by atoms with van der Waals surface area (Å²) in [7, 11) is 2.09. The number of primary amides is 1. The maximum absolute atomic E-state index is 11.4. The maximum atomic E-state index is 11.4. The Labute approximate surface area is 116 Å². The van der Waals surface area contributed by atoms with Crippen LogP contribution >= 0.6 is 11.3 Å². The van der Waals surface area contributed by atoms with Crippen LogP contribution in [0.3, 0.4) is 0 Å². The lowest BCUT2D eigenvalue weighted by molar-refractivity contribution is -0.123. The molecule has 1 aromatic carbocycles. The molecule has 0 aliphatic carbocycles. The number of carbonyl (C=O) groups excluding carboxylic acids is 1. The van der Waals surface area contributed by atoms with Crippen LogP contribution in [0.25, 0.3) is 10.2 Å². The van der Waals surface area contributed by atoms with E-state index in [4.69, 9.17) is 10.7 Å². The van der Waals surface area contributed by atoms with Crippen molar-refractivity contribution in [3.05, 3.63) is 29.3 Å². The van der Waals surface area contributed by atoms with Crippen molar-refractivity contribution in [2.45, 2.75) is 18.9 Å². The fourth-order valence-electron chi connectivity index (χ4n) is 2.66. The largest absolute Gasteiger partial charge is 0.369 e. The lowest BCUT2D eigenvalue weighted by atomic mass is 9.91. The van der Waals surface area contributed by atoms with Gasteiger partial charge in [0.2, 0.25) is 5.91 Å². The number of benzene rings is 1. The van der Waals surface area contributed by atoms with E-state index in [0.29, 0.717) is 0 Å². The van der Waals surface area contributed by atoms with E-state index in [1.807, 2.05) is 18.2 Å². The highest BCUT2D eigenvalue weighted by Gasteiger charge is 2.31. The second-order valence-electron chi connectivity index (χ2n) is 5.14. The highest BCUT2D eigenvalue weighted by Crippen LogP contribution is 2.36. The van der Waals surface area contributed by atoms with Crippen LogP contribution in [0.1, 0.15) is 23.9 Å². The first kappa shape index (κ1) is 12.6. The summed E-state index contributed by atoms with van der Waals surface area (Å²) in [5.41, 5.74) is 6.49. The van der Waals surface area contributed by atoms with Crippen LogP contribution < -0.4 is 5.73 Å². The van der Waals surface area contributed by atoms with Gasteiger partial charge in [0.15, 0.2) is 0 Å². The Morgan fingerprint density at radius 2 is 2.26 bits per heavy atom. The molecule has 5 heteroatoms. The van der Waals surface area contributed by atoms with Gasteiger partial charge in [-0.25, -0.2) is 4.98 Å². The van der Waals surface area contributed by atoms with Crippen LogP contribution in [-0.2, 0) is 4.79 Å². The zero-order valence-electron chi connectivity index (χ0n) is 10.9. The first-order valence-electron chi connectivity index (χ1n) is 6.50. The lowest BCUT2D eigenvalue weighted by Crippen LogP contribution is -2.38. The van der Waals surface area contributed by atoms with E-state index in [2.05, 4.69) is 18.0 Å². The fourth-order valence-corrected chi connectivity index (χ4v) is 3.81. The minimum atomic E-state index is -0.181. The third-order valence-corrected chi connectivity index (χ3v) is 5.01. The Bertz CT molecular complexity index is 577. The standard InChI is InChI=1S/C14H17N3OS/c1-17-7-6-9(13(15)18)8-11(17)14-16-10-4-2-3-5-12(10)19-14/h2-5,9,11H,6-8H2,1H3,(H2,15,18). The molecule has 0 bridgehead atoms. The van der Waals surface area contributed by atoms with Gasteiger partial charge in [0, 0.05) is 5.92 Å². The molecule has 1 aliphatic rings. The molecule has 100 valence electrons. The molecule has 2 heterocycles. The van der Waals surface area contributed by atoms with E-state index in [0.717, 1.165) is 29.9 Å². The lowest BCUT2D eigenvalue weighted by Gasteiger charge is -2.34. The number of rotatable bonds is 2. The Morgan fingerprint density at radius 1 is 1.47 bits per heavy atom. The van der Waals surface area contributed by atoms with Gasteiger partial charge in [0.1, 0.15) is 5.01 Å². The third-order valence-electron chi connectivity index (χ3n) is 3.87. The van der Waals surface area contributed by atoms with E-state index in [-0.39, 0.29) is 17.9 Å². The molecular formula is C14H17N3OS. The molecule has 2 unspecified atom stereocenters. The summed E-state index contributed by atoms with van der Waals surface area (Å²) in [4.78, 5) is 18.4. The molecule has 0 spiro atoms. The Hall–Kier alpha value is -1.46. The van der Waals surface area contributed by atoms with E-state index in [9.17, 15) is 4.79 Å². The second kappa shape index (κ2) is 4.90. The quantitative estimate of drug-likeness (QED) is 0.913. The van der Waals surface area contributed by atoms with E-state index in [1.54, 1.807) is 11.3 Å². The number of piperidine rings is 1. The van der Waals surface area contributed by atoms with Crippen LogP contribution in [0.4, 0.5) is 0 Å². The van der Waals surface area contributed by atoms with Gasteiger partial charge in [0.25, 0.3) is 0 Å². The van der Waals surface area contributed by atoms with Crippen LogP contribution in [0.15, 0.2) is 24.3 Å². The van der Waals surface area contributed by atoms with Crippen molar-refractivity contribution >= 4 is 27.5 Å². The van der Waals surface area contributed by atoms with Crippen molar-refractivity contribution in [2.75, 3.05) is 13.6 Å². The van der Waals surface area contributed by atoms with Gasteiger partial charge >= 0.3 is 0 Å². The van der Waals surface area contributed by atoms with Crippen LogP contribution in [0.2, 0.25) is 0 Å². The number of hydrogen-bond acceptors (Lipinski definition) is 4. The molecule has 1 saturated heterocycles. The molecule has 19 heavy (non-hydrogen) atoms. The smallest absolute Gasteiger partial charge is 0.220 e. The predicted molar refractivity (Wildman–Crippen MR) is 76.9 cm³/mol. The van der Waals surface area contributed by atoms with Gasteiger partial charge < -0.3 is 5.73 Å². The number of carbonyl (C=O) groups is 1. The molecule has 4 nitrogen and oxygen atoms in total. The molecule has 1 amide bonds. The van der Waals surface area contributed by atoms with Crippen molar-refractivity contribution in [1.82, 2.24) is 9.88 Å². The average Bonchev–Trinajstić information content (AvgIpc) is 2.82. The molecule has 0 saturated carbocycles. The highest BCUT2D eigenvalue weighted by molar-refractivity contribution is 7.18. The monoisotopic (exact) mass is 275 g/mol. The molecule has 1 aliphatic heterocycles. The van der Waals surface area contributed by atoms with Crippen LogP contribution in [0.5, 0.6) is 0 Å². The Kier molecular flexibility index (Phi) is 3.24. The summed E-state index contributed by atoms with van der Waals surface area (Å²) in [6, 6.07) is 8.36. The van der Waals surface area contributed by atoms with Gasteiger partial charge in [0.05, 0.1) is 16.3 Å². The van der Waals surface area contributed by atoms with Gasteiger partial charge in [-0.1, -0.05) is 12.1 Å². The maximum Gasteiger partial charge on any atom is 0.220 e. The number of amides is 1. The van der Waals surface area contributed by atoms with Crippen molar-refractivity contribution in [3.63, 3.8) is 0 Å². The number of nitrogens with two attached hydrogens (primary N) is 1. The topological polar surface area (TPSA) is 59.2 Å². The van der Waals surface area contributed by atoms with Crippen LogP contribution in [-0.4, -0.2) is 29.4 Å². The molecule has 3 rings (SSSR count). The second-order valence-corrected chi connectivity index (χ2v) is 6.20. The van der Waals surface area contributed by atoms with E-state index >= 15 is 0 Å². The van der Waals surface area contributed by atoms with Gasteiger partial charge in [-0.15, -0.1) is 11.3 Å². The number of hydrogen-bond donors (Lipinski definition) is 1. The molecule has 1 fully saturated rings. The first-order valence-corrected chi connectivity index (χ1v) is 7.32.